The lowest BCUT2D eigenvalue weighted by Gasteiger charge is -2.05. The Morgan fingerprint density at radius 1 is 1.50 bits per heavy atom. The summed E-state index contributed by atoms with van der Waals surface area (Å²) in [5.74, 6) is 1.15. The fourth-order valence-electron chi connectivity index (χ4n) is 1.08. The third-order valence-corrected chi connectivity index (χ3v) is 2.35. The largest absolute Gasteiger partial charge is 0.480 e. The van der Waals surface area contributed by atoms with Gasteiger partial charge in [-0.25, -0.2) is 4.98 Å². The van der Waals surface area contributed by atoms with Crippen molar-refractivity contribution in [2.75, 3.05) is 7.11 Å². The van der Waals surface area contributed by atoms with Crippen molar-refractivity contribution in [1.29, 1.82) is 0 Å². The number of hydrogen-bond acceptors (Lipinski definition) is 5. The second-order valence-electron chi connectivity index (χ2n) is 2.88. The molecule has 0 radical (unpaired) electrons. The van der Waals surface area contributed by atoms with Crippen LogP contribution in [0.5, 0.6) is 11.9 Å². The van der Waals surface area contributed by atoms with Gasteiger partial charge in [0.2, 0.25) is 5.88 Å². The third kappa shape index (κ3) is 2.52. The molecule has 0 aliphatic rings. The van der Waals surface area contributed by atoms with Crippen molar-refractivity contribution >= 4 is 15.9 Å². The summed E-state index contributed by atoms with van der Waals surface area (Å²) in [6.45, 7) is 0.289. The number of rotatable bonds is 4. The van der Waals surface area contributed by atoms with Gasteiger partial charge in [0.15, 0.2) is 0 Å². The summed E-state index contributed by atoms with van der Waals surface area (Å²) in [7, 11) is 1.53. The van der Waals surface area contributed by atoms with Crippen molar-refractivity contribution in [2.45, 2.75) is 6.61 Å². The van der Waals surface area contributed by atoms with Crippen LogP contribution in [0.2, 0.25) is 0 Å². The number of halogens is 1. The molecular formula is C10H9BrN2O3. The van der Waals surface area contributed by atoms with Crippen LogP contribution < -0.4 is 9.47 Å². The number of aromatic nitrogens is 2. The van der Waals surface area contributed by atoms with E-state index < -0.39 is 0 Å². The van der Waals surface area contributed by atoms with E-state index in [1.54, 1.807) is 18.5 Å². The maximum atomic E-state index is 5.33. The van der Waals surface area contributed by atoms with Gasteiger partial charge in [-0.3, -0.25) is 0 Å². The smallest absolute Gasteiger partial charge is 0.320 e. The van der Waals surface area contributed by atoms with Crippen LogP contribution in [0.3, 0.4) is 0 Å². The molecule has 0 aliphatic carbocycles. The maximum absolute atomic E-state index is 5.33. The van der Waals surface area contributed by atoms with Gasteiger partial charge in [-0.15, -0.1) is 0 Å². The van der Waals surface area contributed by atoms with E-state index in [1.165, 1.54) is 7.11 Å². The quantitative estimate of drug-likeness (QED) is 0.863. The molecule has 2 aromatic rings. The maximum Gasteiger partial charge on any atom is 0.320 e. The predicted molar refractivity (Wildman–Crippen MR) is 59.3 cm³/mol. The Hall–Kier alpha value is -1.56. The number of ether oxygens (including phenoxy) is 2. The van der Waals surface area contributed by atoms with Gasteiger partial charge in [-0.2, -0.15) is 4.98 Å². The average molecular weight is 285 g/mol. The molecule has 0 spiro atoms. The summed E-state index contributed by atoms with van der Waals surface area (Å²) >= 11 is 3.26. The van der Waals surface area contributed by atoms with Crippen LogP contribution in [0.4, 0.5) is 0 Å². The fourth-order valence-corrected chi connectivity index (χ4v) is 1.43. The minimum Gasteiger partial charge on any atom is -0.480 e. The van der Waals surface area contributed by atoms with Crippen molar-refractivity contribution in [3.8, 4) is 11.9 Å². The first kappa shape index (κ1) is 10.9. The molecule has 0 aliphatic heterocycles. The Morgan fingerprint density at radius 3 is 3.06 bits per heavy atom. The second-order valence-corrected chi connectivity index (χ2v) is 3.73. The van der Waals surface area contributed by atoms with Crippen LogP contribution in [0, 0.1) is 0 Å². The monoisotopic (exact) mass is 284 g/mol. The predicted octanol–water partition coefficient (Wildman–Crippen LogP) is 2.42. The van der Waals surface area contributed by atoms with Gasteiger partial charge in [0.05, 0.1) is 24.0 Å². The van der Waals surface area contributed by atoms with E-state index in [4.69, 9.17) is 13.9 Å². The van der Waals surface area contributed by atoms with Crippen LogP contribution in [0.1, 0.15) is 5.76 Å². The molecule has 0 atom stereocenters. The highest BCUT2D eigenvalue weighted by atomic mass is 79.9. The zero-order chi connectivity index (χ0) is 11.4. The molecule has 0 fully saturated rings. The first-order chi connectivity index (χ1) is 7.79. The van der Waals surface area contributed by atoms with Crippen LogP contribution in [0.25, 0.3) is 0 Å². The normalized spacial score (nSPS) is 10.1. The zero-order valence-corrected chi connectivity index (χ0v) is 10.1. The molecule has 0 saturated carbocycles. The highest BCUT2D eigenvalue weighted by molar-refractivity contribution is 9.10. The molecule has 0 saturated heterocycles. The second kappa shape index (κ2) is 4.98. The van der Waals surface area contributed by atoms with E-state index in [2.05, 4.69) is 25.9 Å². The van der Waals surface area contributed by atoms with Gasteiger partial charge < -0.3 is 13.9 Å². The van der Waals surface area contributed by atoms with Gasteiger partial charge in [0.25, 0.3) is 0 Å². The van der Waals surface area contributed by atoms with Crippen LogP contribution in [-0.4, -0.2) is 17.1 Å². The molecule has 2 rings (SSSR count). The van der Waals surface area contributed by atoms with Crippen molar-refractivity contribution in [1.82, 2.24) is 9.97 Å². The van der Waals surface area contributed by atoms with Crippen LogP contribution in [0.15, 0.2) is 33.5 Å². The van der Waals surface area contributed by atoms with Gasteiger partial charge in [-0.1, -0.05) is 0 Å². The summed E-state index contributed by atoms with van der Waals surface area (Å²) in [6, 6.07) is 3.86. The first-order valence-electron chi connectivity index (χ1n) is 4.51. The van der Waals surface area contributed by atoms with E-state index in [1.807, 2.05) is 6.07 Å². The molecule has 84 valence electrons. The van der Waals surface area contributed by atoms with Crippen molar-refractivity contribution in [2.24, 2.45) is 0 Å². The van der Waals surface area contributed by atoms with Crippen molar-refractivity contribution < 1.29 is 13.9 Å². The highest BCUT2D eigenvalue weighted by Gasteiger charge is 2.06. The average Bonchev–Trinajstić information content (AvgIpc) is 2.81. The SMILES string of the molecule is COc1nc(OCc2ccco2)ncc1Br. The molecule has 6 heteroatoms. The lowest BCUT2D eigenvalue weighted by molar-refractivity contribution is 0.245. The third-order valence-electron chi connectivity index (χ3n) is 1.81. The minimum absolute atomic E-state index is 0.247. The van der Waals surface area contributed by atoms with E-state index in [9.17, 15) is 0 Å². The lowest BCUT2D eigenvalue weighted by Crippen LogP contribution is -2.00. The molecule has 0 N–H and O–H groups in total. The Balaban J connectivity index is 2.04. The summed E-state index contributed by atoms with van der Waals surface area (Å²) in [5.41, 5.74) is 0. The molecule has 16 heavy (non-hydrogen) atoms. The summed E-state index contributed by atoms with van der Waals surface area (Å²) in [5, 5.41) is 0. The van der Waals surface area contributed by atoms with Gasteiger partial charge >= 0.3 is 6.01 Å². The lowest BCUT2D eigenvalue weighted by atomic mass is 10.5. The number of hydrogen-bond donors (Lipinski definition) is 0. The molecule has 2 aromatic heterocycles. The van der Waals surface area contributed by atoms with Crippen molar-refractivity contribution in [3.05, 3.63) is 34.8 Å². The number of furan rings is 1. The highest BCUT2D eigenvalue weighted by Crippen LogP contribution is 2.22. The minimum atomic E-state index is 0.247. The molecule has 0 bridgehead atoms. The Kier molecular flexibility index (Phi) is 3.40. The molecule has 0 unspecified atom stereocenters. The Morgan fingerprint density at radius 2 is 2.38 bits per heavy atom. The van der Waals surface area contributed by atoms with E-state index in [0.717, 1.165) is 0 Å². The summed E-state index contributed by atoms with van der Waals surface area (Å²) in [4.78, 5) is 8.03. The Labute approximate surface area is 101 Å². The molecular weight excluding hydrogens is 276 g/mol. The zero-order valence-electron chi connectivity index (χ0n) is 8.51. The number of methoxy groups -OCH3 is 1. The van der Waals surface area contributed by atoms with Gasteiger partial charge in [0.1, 0.15) is 12.4 Å². The summed E-state index contributed by atoms with van der Waals surface area (Å²) in [6.07, 6.45) is 3.16. The van der Waals surface area contributed by atoms with E-state index in [0.29, 0.717) is 16.1 Å². The summed E-state index contributed by atoms with van der Waals surface area (Å²) < 4.78 is 16.1. The van der Waals surface area contributed by atoms with E-state index in [-0.39, 0.29) is 12.6 Å². The topological polar surface area (TPSA) is 57.4 Å². The molecule has 0 amide bonds. The number of nitrogens with zero attached hydrogens (tertiary/aromatic N) is 2. The first-order valence-corrected chi connectivity index (χ1v) is 5.30. The van der Waals surface area contributed by atoms with Gasteiger partial charge in [-0.05, 0) is 28.1 Å². The van der Waals surface area contributed by atoms with E-state index >= 15 is 0 Å². The molecule has 2 heterocycles. The standard InChI is InChI=1S/C10H9BrN2O3/c1-14-9-8(11)5-12-10(13-9)16-6-7-3-2-4-15-7/h2-5H,6H2,1H3. The fraction of sp³-hybridized carbons (Fsp3) is 0.200. The van der Waals surface area contributed by atoms with Crippen molar-refractivity contribution in [3.63, 3.8) is 0 Å². The Bertz CT molecular complexity index is 459. The molecule has 0 aromatic carbocycles. The van der Waals surface area contributed by atoms with Crippen LogP contribution in [-0.2, 0) is 6.61 Å². The van der Waals surface area contributed by atoms with Crippen LogP contribution >= 0.6 is 15.9 Å². The van der Waals surface area contributed by atoms with Gasteiger partial charge in [0, 0.05) is 0 Å². The molecule has 5 nitrogen and oxygen atoms in total.